The quantitative estimate of drug-likeness (QED) is 0.864. The van der Waals surface area contributed by atoms with Gasteiger partial charge in [-0.1, -0.05) is 22.4 Å². The van der Waals surface area contributed by atoms with Gasteiger partial charge in [0.2, 0.25) is 5.91 Å². The monoisotopic (exact) mass is 312 g/mol. The van der Waals surface area contributed by atoms with Gasteiger partial charge in [-0.3, -0.25) is 9.69 Å². The average Bonchev–Trinajstić information content (AvgIpc) is 2.71. The SMILES string of the molecule is O=C1NC(c2cc(Br)ccc2F)N2CCCCC12. The van der Waals surface area contributed by atoms with Crippen LogP contribution in [0.25, 0.3) is 0 Å². The summed E-state index contributed by atoms with van der Waals surface area (Å²) in [5, 5.41) is 2.91. The molecule has 2 saturated heterocycles. The number of piperidine rings is 1. The third-order valence-electron chi connectivity index (χ3n) is 3.71. The number of nitrogens with one attached hydrogen (secondary N) is 1. The van der Waals surface area contributed by atoms with Crippen LogP contribution in [-0.2, 0) is 4.79 Å². The minimum absolute atomic E-state index is 0.0269. The third-order valence-corrected chi connectivity index (χ3v) is 4.20. The van der Waals surface area contributed by atoms with Gasteiger partial charge >= 0.3 is 0 Å². The molecule has 2 atom stereocenters. The molecule has 2 aliphatic heterocycles. The minimum Gasteiger partial charge on any atom is -0.335 e. The van der Waals surface area contributed by atoms with Gasteiger partial charge in [0.1, 0.15) is 12.0 Å². The van der Waals surface area contributed by atoms with Crippen LogP contribution in [0.3, 0.4) is 0 Å². The van der Waals surface area contributed by atoms with Crippen molar-refractivity contribution in [3.8, 4) is 0 Å². The number of halogens is 2. The van der Waals surface area contributed by atoms with E-state index in [4.69, 9.17) is 0 Å². The van der Waals surface area contributed by atoms with Crippen LogP contribution < -0.4 is 5.32 Å². The second-order valence-corrected chi connectivity index (χ2v) is 5.74. The standard InChI is InChI=1S/C13H14BrFN2O/c14-8-4-5-10(15)9(7-8)12-16-13(18)11-3-1-2-6-17(11)12/h4-5,7,11-12H,1-3,6H2,(H,16,18). The summed E-state index contributed by atoms with van der Waals surface area (Å²) in [6, 6.07) is 4.77. The van der Waals surface area contributed by atoms with E-state index in [1.807, 2.05) is 0 Å². The summed E-state index contributed by atoms with van der Waals surface area (Å²) in [6.07, 6.45) is 2.69. The summed E-state index contributed by atoms with van der Waals surface area (Å²) in [6.45, 7) is 0.847. The maximum Gasteiger partial charge on any atom is 0.238 e. The van der Waals surface area contributed by atoms with E-state index < -0.39 is 0 Å². The molecule has 0 saturated carbocycles. The van der Waals surface area contributed by atoms with Gasteiger partial charge in [0.25, 0.3) is 0 Å². The van der Waals surface area contributed by atoms with E-state index in [0.29, 0.717) is 5.56 Å². The smallest absolute Gasteiger partial charge is 0.238 e. The number of hydrogen-bond donors (Lipinski definition) is 1. The molecular formula is C13H14BrFN2O. The van der Waals surface area contributed by atoms with Gasteiger partial charge in [0.15, 0.2) is 0 Å². The van der Waals surface area contributed by atoms with Gasteiger partial charge in [-0.2, -0.15) is 0 Å². The fraction of sp³-hybridized carbons (Fsp3) is 0.462. The molecule has 1 N–H and O–H groups in total. The number of amides is 1. The Morgan fingerprint density at radius 2 is 2.22 bits per heavy atom. The van der Waals surface area contributed by atoms with Crippen LogP contribution in [-0.4, -0.2) is 23.4 Å². The molecule has 3 nitrogen and oxygen atoms in total. The first-order valence-electron chi connectivity index (χ1n) is 6.18. The zero-order valence-electron chi connectivity index (χ0n) is 9.83. The number of hydrogen-bond acceptors (Lipinski definition) is 2. The zero-order valence-corrected chi connectivity index (χ0v) is 11.4. The highest BCUT2D eigenvalue weighted by molar-refractivity contribution is 9.10. The van der Waals surface area contributed by atoms with Gasteiger partial charge in [-0.05, 0) is 31.0 Å². The second-order valence-electron chi connectivity index (χ2n) is 4.83. The van der Waals surface area contributed by atoms with E-state index in [-0.39, 0.29) is 23.9 Å². The number of fused-ring (bicyclic) bond motifs is 1. The molecular weight excluding hydrogens is 299 g/mol. The van der Waals surface area contributed by atoms with Gasteiger partial charge in [0.05, 0.1) is 6.04 Å². The fourth-order valence-corrected chi connectivity index (χ4v) is 3.22. The molecule has 18 heavy (non-hydrogen) atoms. The van der Waals surface area contributed by atoms with E-state index >= 15 is 0 Å². The Bertz CT molecular complexity index is 494. The highest BCUT2D eigenvalue weighted by Crippen LogP contribution is 2.34. The van der Waals surface area contributed by atoms with E-state index in [9.17, 15) is 9.18 Å². The molecule has 1 aromatic carbocycles. The van der Waals surface area contributed by atoms with Gasteiger partial charge in [0, 0.05) is 16.6 Å². The first-order valence-corrected chi connectivity index (χ1v) is 6.97. The number of benzene rings is 1. The molecule has 1 aromatic rings. The zero-order chi connectivity index (χ0) is 12.7. The Morgan fingerprint density at radius 1 is 1.39 bits per heavy atom. The second kappa shape index (κ2) is 4.63. The molecule has 0 bridgehead atoms. The molecule has 3 rings (SSSR count). The van der Waals surface area contributed by atoms with Crippen LogP contribution in [0, 0.1) is 5.82 Å². The van der Waals surface area contributed by atoms with Gasteiger partial charge in [-0.25, -0.2) is 4.39 Å². The lowest BCUT2D eigenvalue weighted by atomic mass is 10.0. The van der Waals surface area contributed by atoms with E-state index in [0.717, 1.165) is 30.3 Å². The van der Waals surface area contributed by atoms with E-state index in [2.05, 4.69) is 26.1 Å². The third kappa shape index (κ3) is 1.95. The van der Waals surface area contributed by atoms with E-state index in [1.165, 1.54) is 6.07 Å². The Balaban J connectivity index is 1.96. The normalized spacial score (nSPS) is 28.0. The molecule has 2 aliphatic rings. The summed E-state index contributed by atoms with van der Waals surface area (Å²) in [7, 11) is 0. The summed E-state index contributed by atoms with van der Waals surface area (Å²) < 4.78 is 14.7. The van der Waals surface area contributed by atoms with Crippen LogP contribution in [0.5, 0.6) is 0 Å². The van der Waals surface area contributed by atoms with Crippen molar-refractivity contribution in [1.82, 2.24) is 10.2 Å². The lowest BCUT2D eigenvalue weighted by molar-refractivity contribution is -0.122. The van der Waals surface area contributed by atoms with Crippen molar-refractivity contribution in [2.75, 3.05) is 6.54 Å². The van der Waals surface area contributed by atoms with Crippen molar-refractivity contribution in [2.24, 2.45) is 0 Å². The molecule has 0 radical (unpaired) electrons. The van der Waals surface area contributed by atoms with Crippen LogP contribution in [0.1, 0.15) is 31.0 Å². The van der Waals surface area contributed by atoms with Crippen LogP contribution in [0.2, 0.25) is 0 Å². The van der Waals surface area contributed by atoms with Crippen molar-refractivity contribution >= 4 is 21.8 Å². The Hall–Kier alpha value is -0.940. The van der Waals surface area contributed by atoms with Crippen LogP contribution in [0.15, 0.2) is 22.7 Å². The van der Waals surface area contributed by atoms with Crippen molar-refractivity contribution in [1.29, 1.82) is 0 Å². The highest BCUT2D eigenvalue weighted by Gasteiger charge is 2.42. The molecule has 96 valence electrons. The maximum absolute atomic E-state index is 13.9. The van der Waals surface area contributed by atoms with Crippen molar-refractivity contribution in [3.05, 3.63) is 34.1 Å². The van der Waals surface area contributed by atoms with Crippen molar-refractivity contribution in [3.63, 3.8) is 0 Å². The Morgan fingerprint density at radius 3 is 3.06 bits per heavy atom. The molecule has 2 unspecified atom stereocenters. The predicted molar refractivity (Wildman–Crippen MR) is 69.3 cm³/mol. The molecule has 2 fully saturated rings. The number of rotatable bonds is 1. The Labute approximate surface area is 113 Å². The summed E-state index contributed by atoms with van der Waals surface area (Å²) >= 11 is 3.35. The minimum atomic E-state index is -0.319. The maximum atomic E-state index is 13.9. The predicted octanol–water partition coefficient (Wildman–Crippen LogP) is 2.57. The molecule has 0 aliphatic carbocycles. The molecule has 0 aromatic heterocycles. The van der Waals surface area contributed by atoms with Crippen molar-refractivity contribution in [2.45, 2.75) is 31.5 Å². The largest absolute Gasteiger partial charge is 0.335 e. The number of carbonyl (C=O) groups is 1. The molecule has 1 amide bonds. The van der Waals surface area contributed by atoms with Crippen LogP contribution >= 0.6 is 15.9 Å². The van der Waals surface area contributed by atoms with Crippen LogP contribution in [0.4, 0.5) is 4.39 Å². The molecule has 2 heterocycles. The van der Waals surface area contributed by atoms with Gasteiger partial charge < -0.3 is 5.32 Å². The van der Waals surface area contributed by atoms with Gasteiger partial charge in [-0.15, -0.1) is 0 Å². The Kier molecular flexibility index (Phi) is 3.11. The highest BCUT2D eigenvalue weighted by atomic mass is 79.9. The average molecular weight is 313 g/mol. The first-order chi connectivity index (χ1) is 8.66. The summed E-state index contributed by atoms with van der Waals surface area (Å²) in [5.41, 5.74) is 0.544. The first kappa shape index (κ1) is 12.1. The van der Waals surface area contributed by atoms with Crippen molar-refractivity contribution < 1.29 is 9.18 Å². The topological polar surface area (TPSA) is 32.3 Å². The lowest BCUT2D eigenvalue weighted by Gasteiger charge is -2.31. The number of nitrogens with zero attached hydrogens (tertiary/aromatic N) is 1. The summed E-state index contributed by atoms with van der Waals surface area (Å²) in [5.74, 6) is -0.242. The summed E-state index contributed by atoms with van der Waals surface area (Å²) in [4.78, 5) is 14.0. The lowest BCUT2D eigenvalue weighted by Crippen LogP contribution is -2.38. The van der Waals surface area contributed by atoms with E-state index in [1.54, 1.807) is 12.1 Å². The molecule has 0 spiro atoms. The fourth-order valence-electron chi connectivity index (χ4n) is 2.84. The molecule has 5 heteroatoms. The number of carbonyl (C=O) groups excluding carboxylic acids is 1.